The summed E-state index contributed by atoms with van der Waals surface area (Å²) in [7, 11) is 1.67. The van der Waals surface area contributed by atoms with E-state index in [0.29, 0.717) is 5.78 Å². The Balaban J connectivity index is 2.35. The second kappa shape index (κ2) is 3.99. The minimum atomic E-state index is 0.190. The van der Waals surface area contributed by atoms with Crippen molar-refractivity contribution in [2.75, 3.05) is 7.11 Å². The summed E-state index contributed by atoms with van der Waals surface area (Å²) >= 11 is 0. The van der Waals surface area contributed by atoms with Crippen LogP contribution in [0.4, 0.5) is 0 Å². The van der Waals surface area contributed by atoms with Crippen LogP contribution in [0, 0.1) is 5.41 Å². The van der Waals surface area contributed by atoms with Crippen LogP contribution < -0.4 is 0 Å². The lowest BCUT2D eigenvalue weighted by atomic mass is 9.70. The van der Waals surface area contributed by atoms with Crippen LogP contribution in [0.25, 0.3) is 0 Å². The molecule has 2 aliphatic rings. The smallest absolute Gasteiger partial charge is 0.162 e. The molecule has 0 atom stereocenters. The number of allylic oxidation sites excluding steroid dienone is 2. The summed E-state index contributed by atoms with van der Waals surface area (Å²) < 4.78 is 5.29. The van der Waals surface area contributed by atoms with Crippen LogP contribution in [0.1, 0.15) is 51.9 Å². The van der Waals surface area contributed by atoms with E-state index in [1.807, 2.05) is 6.92 Å². The molecule has 0 heterocycles. The van der Waals surface area contributed by atoms with Crippen LogP contribution in [0.2, 0.25) is 0 Å². The van der Waals surface area contributed by atoms with Gasteiger partial charge in [-0.3, -0.25) is 4.79 Å². The lowest BCUT2D eigenvalue weighted by Crippen LogP contribution is -2.25. The van der Waals surface area contributed by atoms with Gasteiger partial charge in [0.25, 0.3) is 0 Å². The lowest BCUT2D eigenvalue weighted by Gasteiger charge is -2.34. The van der Waals surface area contributed by atoms with Crippen LogP contribution in [0.15, 0.2) is 11.3 Å². The molecule has 0 aromatic rings. The van der Waals surface area contributed by atoms with Gasteiger partial charge in [-0.05, 0) is 26.2 Å². The fraction of sp³-hybridized carbons (Fsp3) is 0.769. The molecule has 0 amide bonds. The van der Waals surface area contributed by atoms with Gasteiger partial charge in [-0.2, -0.15) is 0 Å². The molecule has 84 valence electrons. The number of rotatable bonds is 1. The predicted octanol–water partition coefficient (Wildman–Crippen LogP) is 3.22. The summed E-state index contributed by atoms with van der Waals surface area (Å²) in [5.41, 5.74) is 1.21. The monoisotopic (exact) mass is 208 g/mol. The molecule has 2 fully saturated rings. The van der Waals surface area contributed by atoms with Gasteiger partial charge in [0.15, 0.2) is 5.78 Å². The predicted molar refractivity (Wildman–Crippen MR) is 59.5 cm³/mol. The van der Waals surface area contributed by atoms with Gasteiger partial charge in [-0.1, -0.05) is 19.3 Å². The molecule has 0 aromatic carbocycles. The maximum absolute atomic E-state index is 11.9. The number of carbonyl (C=O) groups is 1. The molecule has 0 saturated heterocycles. The molecule has 2 rings (SSSR count). The maximum atomic E-state index is 11.9. The zero-order chi connectivity index (χ0) is 10.9. The van der Waals surface area contributed by atoms with Gasteiger partial charge < -0.3 is 4.74 Å². The van der Waals surface area contributed by atoms with E-state index in [2.05, 4.69) is 0 Å². The SMILES string of the molecule is CO/C(C)=C1/C(=O)CCC12CCCCC2. The van der Waals surface area contributed by atoms with E-state index in [4.69, 9.17) is 4.74 Å². The Labute approximate surface area is 91.7 Å². The Hall–Kier alpha value is -0.790. The van der Waals surface area contributed by atoms with Gasteiger partial charge in [0.05, 0.1) is 12.9 Å². The third-order valence-corrected chi connectivity index (χ3v) is 4.11. The van der Waals surface area contributed by atoms with E-state index in [9.17, 15) is 4.79 Å². The number of carbonyl (C=O) groups excluding carboxylic acids is 1. The van der Waals surface area contributed by atoms with Gasteiger partial charge in [-0.15, -0.1) is 0 Å². The molecule has 0 N–H and O–H groups in total. The van der Waals surface area contributed by atoms with Crippen molar-refractivity contribution in [2.45, 2.75) is 51.9 Å². The molecule has 0 bridgehead atoms. The Kier molecular flexibility index (Phi) is 2.85. The van der Waals surface area contributed by atoms with E-state index in [1.54, 1.807) is 7.11 Å². The van der Waals surface area contributed by atoms with Crippen molar-refractivity contribution in [3.63, 3.8) is 0 Å². The highest BCUT2D eigenvalue weighted by Gasteiger charge is 2.45. The van der Waals surface area contributed by atoms with E-state index in [0.717, 1.165) is 24.2 Å². The normalized spacial score (nSPS) is 28.3. The van der Waals surface area contributed by atoms with Crippen LogP contribution in [0.3, 0.4) is 0 Å². The average molecular weight is 208 g/mol. The summed E-state index contributed by atoms with van der Waals surface area (Å²) in [4.78, 5) is 11.9. The summed E-state index contributed by atoms with van der Waals surface area (Å²) in [6, 6.07) is 0. The number of Topliss-reactive ketones (excluding diaryl/α,β-unsaturated/α-hetero) is 1. The third-order valence-electron chi connectivity index (χ3n) is 4.11. The highest BCUT2D eigenvalue weighted by molar-refractivity contribution is 5.99. The molecule has 15 heavy (non-hydrogen) atoms. The van der Waals surface area contributed by atoms with Gasteiger partial charge in [0.2, 0.25) is 0 Å². The van der Waals surface area contributed by atoms with Crippen LogP contribution in [0.5, 0.6) is 0 Å². The zero-order valence-corrected chi connectivity index (χ0v) is 9.77. The lowest BCUT2D eigenvalue weighted by molar-refractivity contribution is -0.114. The Morgan fingerprint density at radius 3 is 2.47 bits per heavy atom. The van der Waals surface area contributed by atoms with Crippen LogP contribution in [-0.4, -0.2) is 12.9 Å². The number of hydrogen-bond donors (Lipinski definition) is 0. The maximum Gasteiger partial charge on any atom is 0.162 e. The molecule has 2 aliphatic carbocycles. The Morgan fingerprint density at radius 2 is 1.87 bits per heavy atom. The van der Waals surface area contributed by atoms with Crippen molar-refractivity contribution in [2.24, 2.45) is 5.41 Å². The molecular formula is C13H20O2. The molecule has 2 nitrogen and oxygen atoms in total. The third kappa shape index (κ3) is 1.70. The second-order valence-corrected chi connectivity index (χ2v) is 4.90. The van der Waals surface area contributed by atoms with Crippen LogP contribution >= 0.6 is 0 Å². The second-order valence-electron chi connectivity index (χ2n) is 4.90. The molecule has 2 heteroatoms. The highest BCUT2D eigenvalue weighted by Crippen LogP contribution is 2.52. The fourth-order valence-corrected chi connectivity index (χ4v) is 3.30. The molecule has 0 aliphatic heterocycles. The van der Waals surface area contributed by atoms with Crippen molar-refractivity contribution in [1.82, 2.24) is 0 Å². The summed E-state index contributed by atoms with van der Waals surface area (Å²) in [6.45, 7) is 1.94. The number of ether oxygens (including phenoxy) is 1. The fourth-order valence-electron chi connectivity index (χ4n) is 3.30. The summed E-state index contributed by atoms with van der Waals surface area (Å²) in [6.07, 6.45) is 8.04. The minimum Gasteiger partial charge on any atom is -0.501 e. The van der Waals surface area contributed by atoms with Gasteiger partial charge in [0.1, 0.15) is 0 Å². The first-order chi connectivity index (χ1) is 7.19. The molecule has 2 saturated carbocycles. The van der Waals surface area contributed by atoms with Crippen LogP contribution in [-0.2, 0) is 9.53 Å². The first-order valence-electron chi connectivity index (χ1n) is 5.98. The summed E-state index contributed by atoms with van der Waals surface area (Å²) in [5.74, 6) is 1.19. The summed E-state index contributed by atoms with van der Waals surface area (Å²) in [5, 5.41) is 0. The standard InChI is InChI=1S/C13H20O2/c1-10(15-2)12-11(14)6-9-13(12)7-4-3-5-8-13/h3-9H2,1-2H3/b12-10-. The number of ketones is 1. The van der Waals surface area contributed by atoms with Gasteiger partial charge >= 0.3 is 0 Å². The van der Waals surface area contributed by atoms with E-state index < -0.39 is 0 Å². The first kappa shape index (κ1) is 10.7. The largest absolute Gasteiger partial charge is 0.501 e. The van der Waals surface area contributed by atoms with Gasteiger partial charge in [0, 0.05) is 17.4 Å². The topological polar surface area (TPSA) is 26.3 Å². The first-order valence-corrected chi connectivity index (χ1v) is 5.98. The molecule has 0 unspecified atom stereocenters. The minimum absolute atomic E-state index is 0.190. The van der Waals surface area contributed by atoms with E-state index in [-0.39, 0.29) is 5.41 Å². The van der Waals surface area contributed by atoms with Crippen molar-refractivity contribution in [1.29, 1.82) is 0 Å². The quantitative estimate of drug-likeness (QED) is 0.488. The van der Waals surface area contributed by atoms with Gasteiger partial charge in [-0.25, -0.2) is 0 Å². The average Bonchev–Trinajstić information content (AvgIpc) is 2.56. The number of methoxy groups -OCH3 is 1. The Bertz CT molecular complexity index is 296. The molecule has 1 spiro atoms. The molecule has 0 radical (unpaired) electrons. The zero-order valence-electron chi connectivity index (χ0n) is 9.77. The molecule has 0 aromatic heterocycles. The van der Waals surface area contributed by atoms with Crippen molar-refractivity contribution in [3.05, 3.63) is 11.3 Å². The van der Waals surface area contributed by atoms with E-state index >= 15 is 0 Å². The Morgan fingerprint density at radius 1 is 1.20 bits per heavy atom. The van der Waals surface area contributed by atoms with Crippen molar-refractivity contribution in [3.8, 4) is 0 Å². The molecular weight excluding hydrogens is 188 g/mol. The van der Waals surface area contributed by atoms with Crippen molar-refractivity contribution < 1.29 is 9.53 Å². The van der Waals surface area contributed by atoms with E-state index in [1.165, 1.54) is 32.1 Å². The highest BCUT2D eigenvalue weighted by atomic mass is 16.5. The number of hydrogen-bond acceptors (Lipinski definition) is 2. The van der Waals surface area contributed by atoms with Crippen molar-refractivity contribution >= 4 is 5.78 Å².